The molecule has 0 spiro atoms. The molecule has 1 aliphatic carbocycles. The molecule has 0 heterocycles. The largest absolute Gasteiger partial charge is 0.485 e. The van der Waals surface area contributed by atoms with Gasteiger partial charge in [0.1, 0.15) is 6.61 Å². The molecule has 0 bridgehead atoms. The van der Waals surface area contributed by atoms with Gasteiger partial charge in [0.2, 0.25) is 0 Å². The number of hydrogen-bond donors (Lipinski definition) is 1. The Morgan fingerprint density at radius 3 is 2.42 bits per heavy atom. The molecular formula is C20H23BrFNO. The van der Waals surface area contributed by atoms with Crippen LogP contribution in [0.2, 0.25) is 0 Å². The zero-order valence-electron chi connectivity index (χ0n) is 13.7. The van der Waals surface area contributed by atoms with Crippen LogP contribution in [0.4, 0.5) is 4.39 Å². The number of benzene rings is 2. The highest BCUT2D eigenvalue weighted by atomic mass is 79.9. The minimum absolute atomic E-state index is 0.0976. The minimum atomic E-state index is -0.325. The molecule has 0 aliphatic heterocycles. The number of ether oxygens (including phenoxy) is 1. The first-order chi connectivity index (χ1) is 11.6. The summed E-state index contributed by atoms with van der Waals surface area (Å²) in [7, 11) is 0. The van der Waals surface area contributed by atoms with E-state index in [-0.39, 0.29) is 17.0 Å². The van der Waals surface area contributed by atoms with Gasteiger partial charge in [-0.15, -0.1) is 0 Å². The maximum Gasteiger partial charge on any atom is 0.169 e. The van der Waals surface area contributed by atoms with Gasteiger partial charge in [-0.05, 0) is 52.0 Å². The summed E-state index contributed by atoms with van der Waals surface area (Å²) < 4.78 is 21.0. The van der Waals surface area contributed by atoms with E-state index in [0.717, 1.165) is 36.8 Å². The lowest BCUT2D eigenvalue weighted by atomic mass is 9.69. The van der Waals surface area contributed by atoms with Gasteiger partial charge in [0.25, 0.3) is 0 Å². The highest BCUT2D eigenvalue weighted by Gasteiger charge is 2.33. The monoisotopic (exact) mass is 391 g/mol. The molecule has 4 heteroatoms. The van der Waals surface area contributed by atoms with E-state index in [1.165, 1.54) is 6.42 Å². The van der Waals surface area contributed by atoms with Crippen LogP contribution in [0.15, 0.2) is 46.9 Å². The molecule has 0 aromatic heterocycles. The zero-order chi connectivity index (χ0) is 17.0. The Kier molecular flexibility index (Phi) is 5.57. The smallest absolute Gasteiger partial charge is 0.169 e. The van der Waals surface area contributed by atoms with E-state index in [2.05, 4.69) is 15.9 Å². The number of rotatable bonds is 5. The quantitative estimate of drug-likeness (QED) is 0.747. The number of nitrogens with two attached hydrogens (primary N) is 1. The fourth-order valence-electron chi connectivity index (χ4n) is 3.57. The van der Waals surface area contributed by atoms with Crippen molar-refractivity contribution in [1.29, 1.82) is 0 Å². The fraction of sp³-hybridized carbons (Fsp3) is 0.400. The van der Waals surface area contributed by atoms with Gasteiger partial charge in [-0.3, -0.25) is 0 Å². The SMILES string of the molecule is NCC1(c2cc(F)c(OCc3ccccc3)c(Br)c2)CCCCC1. The molecule has 2 N–H and O–H groups in total. The van der Waals surface area contributed by atoms with Crippen molar-refractivity contribution in [2.24, 2.45) is 5.73 Å². The van der Waals surface area contributed by atoms with Gasteiger partial charge in [0.05, 0.1) is 4.47 Å². The predicted molar refractivity (Wildman–Crippen MR) is 98.7 cm³/mol. The van der Waals surface area contributed by atoms with Crippen LogP contribution in [0, 0.1) is 5.82 Å². The second kappa shape index (κ2) is 7.66. The Balaban J connectivity index is 1.83. The van der Waals surface area contributed by atoms with Crippen molar-refractivity contribution >= 4 is 15.9 Å². The topological polar surface area (TPSA) is 35.2 Å². The van der Waals surface area contributed by atoms with Gasteiger partial charge < -0.3 is 10.5 Å². The Hall–Kier alpha value is -1.39. The lowest BCUT2D eigenvalue weighted by molar-refractivity contribution is 0.282. The third-order valence-corrected chi connectivity index (χ3v) is 5.63. The van der Waals surface area contributed by atoms with E-state index in [1.807, 2.05) is 36.4 Å². The first-order valence-corrected chi connectivity index (χ1v) is 9.30. The van der Waals surface area contributed by atoms with Crippen LogP contribution >= 0.6 is 15.9 Å². The van der Waals surface area contributed by atoms with Crippen molar-refractivity contribution in [1.82, 2.24) is 0 Å². The maximum atomic E-state index is 14.7. The average molecular weight is 392 g/mol. The van der Waals surface area contributed by atoms with Gasteiger partial charge >= 0.3 is 0 Å². The Morgan fingerprint density at radius 1 is 1.08 bits per heavy atom. The molecule has 2 aromatic carbocycles. The third-order valence-electron chi connectivity index (χ3n) is 5.04. The minimum Gasteiger partial charge on any atom is -0.485 e. The summed E-state index contributed by atoms with van der Waals surface area (Å²) in [5.74, 6) is -0.0562. The summed E-state index contributed by atoms with van der Waals surface area (Å²) in [5.41, 5.74) is 7.98. The lowest BCUT2D eigenvalue weighted by Gasteiger charge is -2.37. The maximum absolute atomic E-state index is 14.7. The normalized spacial score (nSPS) is 16.8. The molecule has 128 valence electrons. The second-order valence-electron chi connectivity index (χ2n) is 6.59. The van der Waals surface area contributed by atoms with Crippen LogP contribution in [0.1, 0.15) is 43.2 Å². The summed E-state index contributed by atoms with van der Waals surface area (Å²) in [6.45, 7) is 0.904. The predicted octanol–water partition coefficient (Wildman–Crippen LogP) is 5.33. The van der Waals surface area contributed by atoms with Crippen LogP contribution in [-0.4, -0.2) is 6.54 Å². The van der Waals surface area contributed by atoms with Crippen molar-refractivity contribution in [3.05, 3.63) is 63.9 Å². The third kappa shape index (κ3) is 3.65. The summed E-state index contributed by atoms with van der Waals surface area (Å²) in [4.78, 5) is 0. The van der Waals surface area contributed by atoms with Crippen LogP contribution < -0.4 is 10.5 Å². The van der Waals surface area contributed by atoms with Crippen LogP contribution in [0.25, 0.3) is 0 Å². The van der Waals surface area contributed by atoms with Crippen molar-refractivity contribution < 1.29 is 9.13 Å². The van der Waals surface area contributed by atoms with E-state index in [1.54, 1.807) is 6.07 Å². The van der Waals surface area contributed by atoms with Crippen LogP contribution in [0.5, 0.6) is 5.75 Å². The van der Waals surface area contributed by atoms with Crippen molar-refractivity contribution in [2.75, 3.05) is 6.54 Å². The van der Waals surface area contributed by atoms with Crippen LogP contribution in [-0.2, 0) is 12.0 Å². The molecule has 3 rings (SSSR count). The molecule has 0 atom stereocenters. The number of halogens is 2. The van der Waals surface area contributed by atoms with Crippen molar-refractivity contribution in [2.45, 2.75) is 44.1 Å². The molecule has 0 unspecified atom stereocenters. The Bertz CT molecular complexity index is 660. The van der Waals surface area contributed by atoms with E-state index in [0.29, 0.717) is 17.6 Å². The molecule has 1 saturated carbocycles. The lowest BCUT2D eigenvalue weighted by Crippen LogP contribution is -2.37. The molecule has 2 nitrogen and oxygen atoms in total. The van der Waals surface area contributed by atoms with Gasteiger partial charge in [-0.1, -0.05) is 49.6 Å². The van der Waals surface area contributed by atoms with Gasteiger partial charge in [-0.25, -0.2) is 4.39 Å². The molecule has 1 fully saturated rings. The fourth-order valence-corrected chi connectivity index (χ4v) is 4.12. The van der Waals surface area contributed by atoms with Gasteiger partial charge in [0.15, 0.2) is 11.6 Å². The number of hydrogen-bond acceptors (Lipinski definition) is 2. The molecular weight excluding hydrogens is 369 g/mol. The summed E-state index contributed by atoms with van der Waals surface area (Å²) in [5, 5.41) is 0. The van der Waals surface area contributed by atoms with E-state index >= 15 is 0 Å². The summed E-state index contributed by atoms with van der Waals surface area (Å²) in [6, 6.07) is 13.4. The van der Waals surface area contributed by atoms with Crippen LogP contribution in [0.3, 0.4) is 0 Å². The molecule has 2 aromatic rings. The van der Waals surface area contributed by atoms with Crippen molar-refractivity contribution in [3.63, 3.8) is 0 Å². The van der Waals surface area contributed by atoms with Crippen molar-refractivity contribution in [3.8, 4) is 5.75 Å². The molecule has 24 heavy (non-hydrogen) atoms. The molecule has 1 aliphatic rings. The highest BCUT2D eigenvalue weighted by molar-refractivity contribution is 9.10. The first kappa shape index (κ1) is 17.4. The summed E-state index contributed by atoms with van der Waals surface area (Å²) in [6.07, 6.45) is 5.61. The standard InChI is InChI=1S/C20H23BrFNO/c21-17-11-16(20(14-23)9-5-2-6-10-20)12-18(22)19(17)24-13-15-7-3-1-4-8-15/h1,3-4,7-8,11-12H,2,5-6,9-10,13-14,23H2. The van der Waals surface area contributed by atoms with Gasteiger partial charge in [0, 0.05) is 12.0 Å². The zero-order valence-corrected chi connectivity index (χ0v) is 15.3. The molecule has 0 amide bonds. The first-order valence-electron chi connectivity index (χ1n) is 8.51. The second-order valence-corrected chi connectivity index (χ2v) is 7.44. The Labute approximate surface area is 151 Å². The molecule has 0 saturated heterocycles. The van der Waals surface area contributed by atoms with Gasteiger partial charge in [-0.2, -0.15) is 0 Å². The van der Waals surface area contributed by atoms with E-state index in [4.69, 9.17) is 10.5 Å². The molecule has 0 radical (unpaired) electrons. The summed E-state index contributed by atoms with van der Waals surface area (Å²) >= 11 is 3.49. The van der Waals surface area contributed by atoms with E-state index in [9.17, 15) is 4.39 Å². The average Bonchev–Trinajstić information content (AvgIpc) is 2.62. The Morgan fingerprint density at radius 2 is 1.79 bits per heavy atom. The van der Waals surface area contributed by atoms with E-state index < -0.39 is 0 Å². The highest BCUT2D eigenvalue weighted by Crippen LogP contribution is 2.42.